The number of aromatic nitrogens is 1. The lowest BCUT2D eigenvalue weighted by atomic mass is 10.2. The molecule has 17 heavy (non-hydrogen) atoms. The van der Waals surface area contributed by atoms with E-state index in [-0.39, 0.29) is 0 Å². The SMILES string of the molecule is Cc1cccc(Cl)c1Nc1ccc(Br)c(C)n1. The molecule has 2 aromatic rings. The zero-order chi connectivity index (χ0) is 12.4. The summed E-state index contributed by atoms with van der Waals surface area (Å²) in [6.45, 7) is 3.97. The van der Waals surface area contributed by atoms with Gasteiger partial charge in [-0.05, 0) is 53.5 Å². The molecule has 2 nitrogen and oxygen atoms in total. The molecule has 1 heterocycles. The Morgan fingerprint density at radius 3 is 2.59 bits per heavy atom. The molecule has 0 spiro atoms. The third kappa shape index (κ3) is 2.79. The third-order valence-electron chi connectivity index (χ3n) is 2.50. The van der Waals surface area contributed by atoms with Crippen LogP contribution in [0.15, 0.2) is 34.8 Å². The van der Waals surface area contributed by atoms with Crippen LogP contribution in [0.25, 0.3) is 0 Å². The van der Waals surface area contributed by atoms with Crippen molar-refractivity contribution in [2.24, 2.45) is 0 Å². The fourth-order valence-electron chi connectivity index (χ4n) is 1.53. The van der Waals surface area contributed by atoms with E-state index in [4.69, 9.17) is 11.6 Å². The first kappa shape index (κ1) is 12.4. The second kappa shape index (κ2) is 5.07. The highest BCUT2D eigenvalue weighted by molar-refractivity contribution is 9.10. The number of nitrogens with one attached hydrogen (secondary N) is 1. The summed E-state index contributed by atoms with van der Waals surface area (Å²) in [7, 11) is 0. The van der Waals surface area contributed by atoms with Crippen LogP contribution in [0.2, 0.25) is 5.02 Å². The molecule has 0 aliphatic heterocycles. The Kier molecular flexibility index (Phi) is 3.69. The van der Waals surface area contributed by atoms with Crippen LogP contribution in [0, 0.1) is 13.8 Å². The first-order valence-electron chi connectivity index (χ1n) is 5.23. The van der Waals surface area contributed by atoms with Gasteiger partial charge in [0.15, 0.2) is 0 Å². The number of para-hydroxylation sites is 1. The van der Waals surface area contributed by atoms with Crippen LogP contribution in [0.4, 0.5) is 11.5 Å². The average Bonchev–Trinajstić information content (AvgIpc) is 2.28. The fraction of sp³-hybridized carbons (Fsp3) is 0.154. The van der Waals surface area contributed by atoms with Gasteiger partial charge in [-0.15, -0.1) is 0 Å². The lowest BCUT2D eigenvalue weighted by molar-refractivity contribution is 1.18. The number of rotatable bonds is 2. The van der Waals surface area contributed by atoms with E-state index in [1.807, 2.05) is 44.2 Å². The second-order valence-corrected chi connectivity index (χ2v) is 5.08. The minimum Gasteiger partial charge on any atom is -0.339 e. The quantitative estimate of drug-likeness (QED) is 0.857. The third-order valence-corrected chi connectivity index (χ3v) is 3.65. The number of benzene rings is 1. The topological polar surface area (TPSA) is 24.9 Å². The molecule has 0 saturated heterocycles. The summed E-state index contributed by atoms with van der Waals surface area (Å²) in [5.74, 6) is 0.793. The molecule has 4 heteroatoms. The van der Waals surface area contributed by atoms with Crippen molar-refractivity contribution >= 4 is 39.0 Å². The first-order chi connectivity index (χ1) is 8.08. The molecule has 1 aromatic heterocycles. The van der Waals surface area contributed by atoms with Gasteiger partial charge in [-0.3, -0.25) is 0 Å². The number of pyridine rings is 1. The molecular weight excluding hydrogens is 300 g/mol. The van der Waals surface area contributed by atoms with Crippen LogP contribution in [0.3, 0.4) is 0 Å². The van der Waals surface area contributed by atoms with Crippen LogP contribution < -0.4 is 5.32 Å². The molecule has 0 amide bonds. The van der Waals surface area contributed by atoms with Gasteiger partial charge in [0.05, 0.1) is 16.4 Å². The normalized spacial score (nSPS) is 10.4. The van der Waals surface area contributed by atoms with Crippen LogP contribution in [0.1, 0.15) is 11.3 Å². The molecule has 0 fully saturated rings. The summed E-state index contributed by atoms with van der Waals surface area (Å²) in [5, 5.41) is 3.95. The molecule has 0 aliphatic carbocycles. The highest BCUT2D eigenvalue weighted by Gasteiger charge is 2.05. The molecule has 0 saturated carbocycles. The molecule has 1 N–H and O–H groups in total. The molecular formula is C13H12BrClN2. The highest BCUT2D eigenvalue weighted by Crippen LogP contribution is 2.28. The Morgan fingerprint density at radius 2 is 1.94 bits per heavy atom. The van der Waals surface area contributed by atoms with Crippen molar-refractivity contribution in [3.63, 3.8) is 0 Å². The molecule has 0 radical (unpaired) electrons. The number of anilines is 2. The average molecular weight is 312 g/mol. The van der Waals surface area contributed by atoms with Gasteiger partial charge in [-0.2, -0.15) is 0 Å². The number of halogens is 2. The largest absolute Gasteiger partial charge is 0.339 e. The maximum Gasteiger partial charge on any atom is 0.130 e. The molecule has 0 aliphatic rings. The molecule has 0 bridgehead atoms. The Hall–Kier alpha value is -1.06. The summed E-state index contributed by atoms with van der Waals surface area (Å²) < 4.78 is 0.999. The zero-order valence-electron chi connectivity index (χ0n) is 9.59. The minimum atomic E-state index is 0.701. The molecule has 88 valence electrons. The monoisotopic (exact) mass is 310 g/mol. The maximum absolute atomic E-state index is 6.15. The molecule has 0 atom stereocenters. The first-order valence-corrected chi connectivity index (χ1v) is 6.40. The Balaban J connectivity index is 2.35. The number of hydrogen-bond donors (Lipinski definition) is 1. The zero-order valence-corrected chi connectivity index (χ0v) is 11.9. The van der Waals surface area contributed by atoms with E-state index in [0.29, 0.717) is 5.02 Å². The second-order valence-electron chi connectivity index (χ2n) is 3.82. The standard InChI is InChI=1S/C13H12BrClN2/c1-8-4-3-5-11(15)13(8)17-12-7-6-10(14)9(2)16-12/h3-7H,1-2H3,(H,16,17). The van der Waals surface area contributed by atoms with E-state index in [1.165, 1.54) is 0 Å². The number of aryl methyl sites for hydroxylation is 2. The number of hydrogen-bond acceptors (Lipinski definition) is 2. The predicted molar refractivity (Wildman–Crippen MR) is 76.1 cm³/mol. The summed E-state index contributed by atoms with van der Waals surface area (Å²) in [5.41, 5.74) is 2.95. The lowest BCUT2D eigenvalue weighted by Gasteiger charge is -2.11. The highest BCUT2D eigenvalue weighted by atomic mass is 79.9. The predicted octanol–water partition coefficient (Wildman–Crippen LogP) is 4.86. The van der Waals surface area contributed by atoms with Crippen LogP contribution in [-0.2, 0) is 0 Å². The van der Waals surface area contributed by atoms with Crippen molar-refractivity contribution < 1.29 is 0 Å². The van der Waals surface area contributed by atoms with E-state index >= 15 is 0 Å². The maximum atomic E-state index is 6.15. The van der Waals surface area contributed by atoms with Crippen molar-refractivity contribution in [1.82, 2.24) is 4.98 Å². The molecule has 2 rings (SSSR count). The van der Waals surface area contributed by atoms with Crippen LogP contribution >= 0.6 is 27.5 Å². The fourth-order valence-corrected chi connectivity index (χ4v) is 2.02. The van der Waals surface area contributed by atoms with Gasteiger partial charge < -0.3 is 5.32 Å². The van der Waals surface area contributed by atoms with Crippen LogP contribution in [-0.4, -0.2) is 4.98 Å². The van der Waals surface area contributed by atoms with Crippen molar-refractivity contribution in [2.75, 3.05) is 5.32 Å². The van der Waals surface area contributed by atoms with E-state index in [1.54, 1.807) is 0 Å². The van der Waals surface area contributed by atoms with Crippen molar-refractivity contribution in [3.05, 3.63) is 51.1 Å². The van der Waals surface area contributed by atoms with Gasteiger partial charge in [0, 0.05) is 4.47 Å². The summed E-state index contributed by atoms with van der Waals surface area (Å²) in [4.78, 5) is 4.43. The molecule has 1 aromatic carbocycles. The number of nitrogens with zero attached hydrogens (tertiary/aromatic N) is 1. The van der Waals surface area contributed by atoms with Crippen LogP contribution in [0.5, 0.6) is 0 Å². The molecule has 0 unspecified atom stereocenters. The Labute approximate surface area is 114 Å². The van der Waals surface area contributed by atoms with E-state index in [2.05, 4.69) is 26.2 Å². The summed E-state index contributed by atoms with van der Waals surface area (Å²) >= 11 is 9.58. The van der Waals surface area contributed by atoms with Gasteiger partial charge in [0.1, 0.15) is 5.82 Å². The van der Waals surface area contributed by atoms with E-state index < -0.39 is 0 Å². The van der Waals surface area contributed by atoms with Gasteiger partial charge in [-0.25, -0.2) is 4.98 Å². The van der Waals surface area contributed by atoms with Gasteiger partial charge in [0.25, 0.3) is 0 Å². The Bertz CT molecular complexity index is 535. The smallest absolute Gasteiger partial charge is 0.130 e. The summed E-state index contributed by atoms with van der Waals surface area (Å²) in [6.07, 6.45) is 0. The van der Waals surface area contributed by atoms with Gasteiger partial charge in [-0.1, -0.05) is 23.7 Å². The summed E-state index contributed by atoms with van der Waals surface area (Å²) in [6, 6.07) is 9.70. The Morgan fingerprint density at radius 1 is 1.18 bits per heavy atom. The minimum absolute atomic E-state index is 0.701. The van der Waals surface area contributed by atoms with Gasteiger partial charge in [0.2, 0.25) is 0 Å². The van der Waals surface area contributed by atoms with E-state index in [9.17, 15) is 0 Å². The van der Waals surface area contributed by atoms with Crippen molar-refractivity contribution in [2.45, 2.75) is 13.8 Å². The van der Waals surface area contributed by atoms with E-state index in [0.717, 1.165) is 27.2 Å². The van der Waals surface area contributed by atoms with Gasteiger partial charge >= 0.3 is 0 Å². The lowest BCUT2D eigenvalue weighted by Crippen LogP contribution is -1.97. The van der Waals surface area contributed by atoms with Crippen molar-refractivity contribution in [1.29, 1.82) is 0 Å². The van der Waals surface area contributed by atoms with Crippen molar-refractivity contribution in [3.8, 4) is 0 Å².